The summed E-state index contributed by atoms with van der Waals surface area (Å²) in [6.45, 7) is 1.69. The first kappa shape index (κ1) is 11.2. The second kappa shape index (κ2) is 4.77. The third-order valence-electron chi connectivity index (χ3n) is 3.09. The number of hydrogen-bond donors (Lipinski definition) is 3. The van der Waals surface area contributed by atoms with Crippen LogP contribution in [0.5, 0.6) is 0 Å². The molecule has 0 bridgehead atoms. The summed E-state index contributed by atoms with van der Waals surface area (Å²) in [5.74, 6) is 0.933. The molecule has 0 amide bonds. The number of imidazole rings is 1. The van der Waals surface area contributed by atoms with E-state index in [0.29, 0.717) is 17.6 Å². The van der Waals surface area contributed by atoms with Gasteiger partial charge in [-0.05, 0) is 19.3 Å². The van der Waals surface area contributed by atoms with Gasteiger partial charge in [-0.15, -0.1) is 0 Å². The lowest BCUT2D eigenvalue weighted by Gasteiger charge is -2.10. The second-order valence-electron chi connectivity index (χ2n) is 4.38. The van der Waals surface area contributed by atoms with Crippen LogP contribution in [0.1, 0.15) is 19.3 Å². The fourth-order valence-electron chi connectivity index (χ4n) is 2.20. The molecule has 1 fully saturated rings. The van der Waals surface area contributed by atoms with E-state index in [1.165, 1.54) is 0 Å². The second-order valence-corrected chi connectivity index (χ2v) is 4.38. The van der Waals surface area contributed by atoms with Gasteiger partial charge in [0.15, 0.2) is 11.5 Å². The molecule has 7 heteroatoms. The molecule has 1 atom stereocenters. The first-order chi connectivity index (χ1) is 8.83. The largest absolute Gasteiger partial charge is 0.378 e. The van der Waals surface area contributed by atoms with Crippen LogP contribution in [0.2, 0.25) is 0 Å². The van der Waals surface area contributed by atoms with Gasteiger partial charge in [-0.2, -0.15) is 9.97 Å². The molecular weight excluding hydrogens is 232 g/mol. The molecule has 3 rings (SSSR count). The van der Waals surface area contributed by atoms with Gasteiger partial charge in [-0.1, -0.05) is 0 Å². The van der Waals surface area contributed by atoms with Gasteiger partial charge in [-0.25, -0.2) is 4.98 Å². The number of anilines is 2. The zero-order valence-electron chi connectivity index (χ0n) is 10.0. The molecule has 0 aliphatic carbocycles. The third kappa shape index (κ3) is 2.21. The van der Waals surface area contributed by atoms with E-state index in [9.17, 15) is 0 Å². The first-order valence-corrected chi connectivity index (χ1v) is 6.15. The summed E-state index contributed by atoms with van der Waals surface area (Å²) in [5, 5.41) is 3.26. The van der Waals surface area contributed by atoms with Gasteiger partial charge in [0, 0.05) is 13.2 Å². The number of nitrogens with one attached hydrogen (secondary N) is 2. The van der Waals surface area contributed by atoms with Crippen molar-refractivity contribution < 1.29 is 4.74 Å². The van der Waals surface area contributed by atoms with Crippen molar-refractivity contribution >= 4 is 22.9 Å². The normalized spacial score (nSPS) is 19.4. The highest BCUT2D eigenvalue weighted by atomic mass is 16.5. The number of nitrogens with two attached hydrogens (primary N) is 1. The summed E-state index contributed by atoms with van der Waals surface area (Å²) in [6.07, 6.45) is 5.24. The van der Waals surface area contributed by atoms with E-state index in [1.54, 1.807) is 6.33 Å². The van der Waals surface area contributed by atoms with Crippen molar-refractivity contribution in [1.29, 1.82) is 0 Å². The number of ether oxygens (including phenoxy) is 1. The molecule has 7 nitrogen and oxygen atoms in total. The number of rotatable bonds is 4. The Hall–Kier alpha value is -1.89. The van der Waals surface area contributed by atoms with Crippen LogP contribution in [0, 0.1) is 0 Å². The molecule has 0 spiro atoms. The van der Waals surface area contributed by atoms with E-state index < -0.39 is 0 Å². The maximum Gasteiger partial charge on any atom is 0.224 e. The van der Waals surface area contributed by atoms with Gasteiger partial charge in [0.2, 0.25) is 5.95 Å². The van der Waals surface area contributed by atoms with Crippen LogP contribution in [0.15, 0.2) is 6.33 Å². The van der Waals surface area contributed by atoms with Crippen molar-refractivity contribution in [2.45, 2.75) is 25.4 Å². The molecule has 18 heavy (non-hydrogen) atoms. The standard InChI is InChI=1S/C11H16N6O/c12-11-16-9(8-10(17-11)15-6-14-8)13-4-3-7-2-1-5-18-7/h6-7H,1-5H2,(H4,12,13,14,15,16,17). The van der Waals surface area contributed by atoms with Gasteiger partial charge < -0.3 is 20.8 Å². The zero-order valence-corrected chi connectivity index (χ0v) is 10.0. The highest BCUT2D eigenvalue weighted by molar-refractivity contribution is 5.83. The highest BCUT2D eigenvalue weighted by Gasteiger charge is 2.15. The lowest BCUT2D eigenvalue weighted by Crippen LogP contribution is -2.13. The minimum absolute atomic E-state index is 0.231. The van der Waals surface area contributed by atoms with Crippen LogP contribution in [0.3, 0.4) is 0 Å². The summed E-state index contributed by atoms with van der Waals surface area (Å²) >= 11 is 0. The molecule has 1 unspecified atom stereocenters. The van der Waals surface area contributed by atoms with Crippen molar-refractivity contribution in [2.75, 3.05) is 24.2 Å². The van der Waals surface area contributed by atoms with Crippen molar-refractivity contribution in [3.8, 4) is 0 Å². The topological polar surface area (TPSA) is 102 Å². The number of hydrogen-bond acceptors (Lipinski definition) is 6. The molecule has 4 N–H and O–H groups in total. The van der Waals surface area contributed by atoms with Crippen molar-refractivity contribution in [3.63, 3.8) is 0 Å². The van der Waals surface area contributed by atoms with Crippen LogP contribution >= 0.6 is 0 Å². The van der Waals surface area contributed by atoms with E-state index in [4.69, 9.17) is 10.5 Å². The lowest BCUT2D eigenvalue weighted by atomic mass is 10.2. The number of aromatic amines is 1. The highest BCUT2D eigenvalue weighted by Crippen LogP contribution is 2.19. The molecule has 96 valence electrons. The van der Waals surface area contributed by atoms with Crippen LogP contribution in [-0.2, 0) is 4.74 Å². The number of aromatic nitrogens is 4. The van der Waals surface area contributed by atoms with Crippen LogP contribution in [-0.4, -0.2) is 39.2 Å². The van der Waals surface area contributed by atoms with Crippen molar-refractivity contribution in [2.24, 2.45) is 0 Å². The monoisotopic (exact) mass is 248 g/mol. The quantitative estimate of drug-likeness (QED) is 0.743. The average molecular weight is 248 g/mol. The minimum Gasteiger partial charge on any atom is -0.378 e. The molecule has 2 aromatic rings. The predicted octanol–water partition coefficient (Wildman–Crippen LogP) is 0.916. The van der Waals surface area contributed by atoms with Gasteiger partial charge in [0.1, 0.15) is 5.52 Å². The maximum absolute atomic E-state index is 5.64. The van der Waals surface area contributed by atoms with Crippen LogP contribution < -0.4 is 11.1 Å². The fraction of sp³-hybridized carbons (Fsp3) is 0.545. The Balaban J connectivity index is 1.67. The molecule has 1 aliphatic rings. The third-order valence-corrected chi connectivity index (χ3v) is 3.09. The average Bonchev–Trinajstić information content (AvgIpc) is 2.98. The van der Waals surface area contributed by atoms with Crippen LogP contribution in [0.25, 0.3) is 11.2 Å². The Morgan fingerprint density at radius 3 is 3.28 bits per heavy atom. The Morgan fingerprint density at radius 2 is 2.44 bits per heavy atom. The molecule has 2 aromatic heterocycles. The Kier molecular flexibility index (Phi) is 2.97. The van der Waals surface area contributed by atoms with Gasteiger partial charge in [0.05, 0.1) is 12.4 Å². The molecule has 1 aliphatic heterocycles. The molecular formula is C11H16N6O. The number of nitrogens with zero attached hydrogens (tertiary/aromatic N) is 3. The molecule has 0 radical (unpaired) electrons. The Morgan fingerprint density at radius 1 is 1.50 bits per heavy atom. The zero-order chi connectivity index (χ0) is 12.4. The van der Waals surface area contributed by atoms with Gasteiger partial charge in [-0.3, -0.25) is 0 Å². The molecule has 0 aromatic carbocycles. The van der Waals surface area contributed by atoms with E-state index in [2.05, 4.69) is 25.3 Å². The van der Waals surface area contributed by atoms with E-state index >= 15 is 0 Å². The van der Waals surface area contributed by atoms with Crippen molar-refractivity contribution in [3.05, 3.63) is 6.33 Å². The van der Waals surface area contributed by atoms with E-state index in [0.717, 1.165) is 37.9 Å². The summed E-state index contributed by atoms with van der Waals surface area (Å²) in [6, 6.07) is 0. The smallest absolute Gasteiger partial charge is 0.224 e. The van der Waals surface area contributed by atoms with Gasteiger partial charge in [0.25, 0.3) is 0 Å². The van der Waals surface area contributed by atoms with Crippen molar-refractivity contribution in [1.82, 2.24) is 19.9 Å². The summed E-state index contributed by atoms with van der Waals surface area (Å²) in [4.78, 5) is 15.3. The van der Waals surface area contributed by atoms with Crippen LogP contribution in [0.4, 0.5) is 11.8 Å². The lowest BCUT2D eigenvalue weighted by molar-refractivity contribution is 0.107. The molecule has 0 saturated carbocycles. The summed E-state index contributed by atoms with van der Waals surface area (Å²) < 4.78 is 5.57. The summed E-state index contributed by atoms with van der Waals surface area (Å²) in [5.41, 5.74) is 7.01. The first-order valence-electron chi connectivity index (χ1n) is 6.15. The fourth-order valence-corrected chi connectivity index (χ4v) is 2.20. The SMILES string of the molecule is Nc1nc(NCCC2CCCO2)c2[nH]cnc2n1. The molecule has 1 saturated heterocycles. The number of nitrogen functional groups attached to an aromatic ring is 1. The van der Waals surface area contributed by atoms with Gasteiger partial charge >= 0.3 is 0 Å². The van der Waals surface area contributed by atoms with E-state index in [-0.39, 0.29) is 5.95 Å². The van der Waals surface area contributed by atoms with E-state index in [1.807, 2.05) is 0 Å². The Bertz CT molecular complexity index is 533. The number of H-pyrrole nitrogens is 1. The molecule has 3 heterocycles. The maximum atomic E-state index is 5.64. The number of fused-ring (bicyclic) bond motifs is 1. The minimum atomic E-state index is 0.231. The summed E-state index contributed by atoms with van der Waals surface area (Å²) in [7, 11) is 0. The Labute approximate surface area is 104 Å². The predicted molar refractivity (Wildman–Crippen MR) is 68.2 cm³/mol.